The number of hydrogen-bond donors (Lipinski definition) is 1. The summed E-state index contributed by atoms with van der Waals surface area (Å²) >= 11 is 11.9. The standard InChI is InChI=1S/C25H22ClN3O3S/c1-32-21-12-10-17(11-13-21)16-28-22(15-23(30)27-19-7-3-2-4-8-19)24(31)29(25(28)33)20-9-5-6-18(26)14-20/h2-14,22H,15-16H2,1H3,(H,27,30). The zero-order valence-electron chi connectivity index (χ0n) is 17.9. The minimum absolute atomic E-state index is 0.0406. The molecule has 3 aromatic carbocycles. The predicted octanol–water partition coefficient (Wildman–Crippen LogP) is 4.88. The Hall–Kier alpha value is -3.42. The van der Waals surface area contributed by atoms with Crippen LogP contribution in [0.2, 0.25) is 5.02 Å². The van der Waals surface area contributed by atoms with Crippen molar-refractivity contribution in [2.24, 2.45) is 0 Å². The SMILES string of the molecule is COc1ccc(CN2C(=S)N(c3cccc(Cl)c3)C(=O)C2CC(=O)Nc2ccccc2)cc1. The summed E-state index contributed by atoms with van der Waals surface area (Å²) in [5.41, 5.74) is 2.18. The number of benzene rings is 3. The number of ether oxygens (including phenoxy) is 1. The molecule has 1 unspecified atom stereocenters. The molecule has 2 amide bonds. The molecule has 1 N–H and O–H groups in total. The molecule has 1 aliphatic rings. The summed E-state index contributed by atoms with van der Waals surface area (Å²) in [5.74, 6) is 0.201. The van der Waals surface area contributed by atoms with Gasteiger partial charge in [-0.05, 0) is 60.2 Å². The zero-order chi connectivity index (χ0) is 23.4. The van der Waals surface area contributed by atoms with Gasteiger partial charge < -0.3 is 15.0 Å². The molecule has 0 saturated carbocycles. The lowest BCUT2D eigenvalue weighted by atomic mass is 10.1. The van der Waals surface area contributed by atoms with E-state index in [1.165, 1.54) is 4.90 Å². The minimum atomic E-state index is -0.748. The summed E-state index contributed by atoms with van der Waals surface area (Å²) in [6.45, 7) is 0.370. The molecule has 0 radical (unpaired) electrons. The molecule has 3 aromatic rings. The van der Waals surface area contributed by atoms with Gasteiger partial charge in [0.1, 0.15) is 11.8 Å². The Morgan fingerprint density at radius 3 is 2.45 bits per heavy atom. The van der Waals surface area contributed by atoms with E-state index >= 15 is 0 Å². The zero-order valence-corrected chi connectivity index (χ0v) is 19.5. The molecule has 8 heteroatoms. The van der Waals surface area contributed by atoms with E-state index in [-0.39, 0.29) is 18.2 Å². The average Bonchev–Trinajstić information content (AvgIpc) is 3.04. The number of nitrogens with one attached hydrogen (secondary N) is 1. The summed E-state index contributed by atoms with van der Waals surface area (Å²) < 4.78 is 5.23. The van der Waals surface area contributed by atoms with Crippen LogP contribution in [-0.4, -0.2) is 35.0 Å². The predicted molar refractivity (Wildman–Crippen MR) is 134 cm³/mol. The second-order valence-corrected chi connectivity index (χ2v) is 8.35. The number of amides is 2. The smallest absolute Gasteiger partial charge is 0.256 e. The van der Waals surface area contributed by atoms with Crippen LogP contribution in [-0.2, 0) is 16.1 Å². The Balaban J connectivity index is 1.61. The number of carbonyl (C=O) groups is 2. The molecule has 1 heterocycles. The fourth-order valence-electron chi connectivity index (χ4n) is 3.70. The van der Waals surface area contributed by atoms with Crippen LogP contribution in [0.1, 0.15) is 12.0 Å². The lowest BCUT2D eigenvalue weighted by molar-refractivity contribution is -0.124. The maximum absolute atomic E-state index is 13.5. The van der Waals surface area contributed by atoms with E-state index in [4.69, 9.17) is 28.6 Å². The van der Waals surface area contributed by atoms with Crippen LogP contribution in [0.15, 0.2) is 78.9 Å². The van der Waals surface area contributed by atoms with E-state index in [0.717, 1.165) is 11.3 Å². The van der Waals surface area contributed by atoms with Crippen LogP contribution >= 0.6 is 23.8 Å². The van der Waals surface area contributed by atoms with Crippen molar-refractivity contribution in [3.63, 3.8) is 0 Å². The highest BCUT2D eigenvalue weighted by atomic mass is 35.5. The van der Waals surface area contributed by atoms with Gasteiger partial charge in [-0.1, -0.05) is 48.0 Å². The van der Waals surface area contributed by atoms with Crippen LogP contribution in [0.3, 0.4) is 0 Å². The Morgan fingerprint density at radius 2 is 1.79 bits per heavy atom. The lowest BCUT2D eigenvalue weighted by Crippen LogP contribution is -2.37. The van der Waals surface area contributed by atoms with Crippen LogP contribution in [0.4, 0.5) is 11.4 Å². The molecule has 0 bridgehead atoms. The molecule has 0 aliphatic carbocycles. The van der Waals surface area contributed by atoms with E-state index in [9.17, 15) is 9.59 Å². The minimum Gasteiger partial charge on any atom is -0.497 e. The van der Waals surface area contributed by atoms with Gasteiger partial charge in [0.15, 0.2) is 5.11 Å². The number of rotatable bonds is 7. The quantitative estimate of drug-likeness (QED) is 0.489. The molecule has 1 aliphatic heterocycles. The van der Waals surface area contributed by atoms with Gasteiger partial charge in [0.05, 0.1) is 19.2 Å². The number of hydrogen-bond acceptors (Lipinski definition) is 4. The van der Waals surface area contributed by atoms with Gasteiger partial charge in [-0.3, -0.25) is 14.5 Å². The number of halogens is 1. The van der Waals surface area contributed by atoms with Crippen LogP contribution in [0.25, 0.3) is 0 Å². The van der Waals surface area contributed by atoms with Gasteiger partial charge in [0.25, 0.3) is 5.91 Å². The Bertz CT molecular complexity index is 1170. The number of anilines is 2. The second kappa shape index (κ2) is 10.0. The van der Waals surface area contributed by atoms with Gasteiger partial charge in [-0.25, -0.2) is 0 Å². The number of methoxy groups -OCH3 is 1. The highest BCUT2D eigenvalue weighted by Crippen LogP contribution is 2.30. The van der Waals surface area contributed by atoms with Crippen molar-refractivity contribution in [2.75, 3.05) is 17.3 Å². The van der Waals surface area contributed by atoms with Crippen molar-refractivity contribution in [2.45, 2.75) is 19.0 Å². The fourth-order valence-corrected chi connectivity index (χ4v) is 4.28. The molecule has 0 spiro atoms. The number of thiocarbonyl (C=S) groups is 1. The second-order valence-electron chi connectivity index (χ2n) is 7.55. The summed E-state index contributed by atoms with van der Waals surface area (Å²) in [6, 6.07) is 22.9. The first kappa shape index (κ1) is 22.8. The van der Waals surface area contributed by atoms with E-state index in [1.807, 2.05) is 42.5 Å². The van der Waals surface area contributed by atoms with Gasteiger partial charge in [0, 0.05) is 17.3 Å². The molecule has 1 saturated heterocycles. The molecular formula is C25H22ClN3O3S. The van der Waals surface area contributed by atoms with Crippen molar-refractivity contribution in [1.29, 1.82) is 0 Å². The van der Waals surface area contributed by atoms with E-state index in [0.29, 0.717) is 28.1 Å². The highest BCUT2D eigenvalue weighted by Gasteiger charge is 2.44. The van der Waals surface area contributed by atoms with Crippen molar-refractivity contribution < 1.29 is 14.3 Å². The normalized spacial score (nSPS) is 15.6. The van der Waals surface area contributed by atoms with E-state index in [2.05, 4.69) is 5.32 Å². The molecule has 6 nitrogen and oxygen atoms in total. The van der Waals surface area contributed by atoms with Gasteiger partial charge in [-0.15, -0.1) is 0 Å². The molecule has 168 valence electrons. The van der Waals surface area contributed by atoms with Gasteiger partial charge in [0.2, 0.25) is 5.91 Å². The van der Waals surface area contributed by atoms with E-state index < -0.39 is 6.04 Å². The summed E-state index contributed by atoms with van der Waals surface area (Å²) in [7, 11) is 1.60. The third-order valence-electron chi connectivity index (χ3n) is 5.33. The van der Waals surface area contributed by atoms with Crippen LogP contribution < -0.4 is 15.0 Å². The van der Waals surface area contributed by atoms with E-state index in [1.54, 1.807) is 48.4 Å². The fraction of sp³-hybridized carbons (Fsp3) is 0.160. The topological polar surface area (TPSA) is 61.9 Å². The molecule has 33 heavy (non-hydrogen) atoms. The first-order valence-electron chi connectivity index (χ1n) is 10.3. The van der Waals surface area contributed by atoms with Crippen molar-refractivity contribution in [3.05, 3.63) is 89.4 Å². The monoisotopic (exact) mass is 479 g/mol. The average molecular weight is 480 g/mol. The first-order valence-corrected chi connectivity index (χ1v) is 11.1. The summed E-state index contributed by atoms with van der Waals surface area (Å²) in [5, 5.41) is 3.67. The Labute approximate surface area is 202 Å². The lowest BCUT2D eigenvalue weighted by Gasteiger charge is -2.24. The third-order valence-corrected chi connectivity index (χ3v) is 5.99. The van der Waals surface area contributed by atoms with Gasteiger partial charge >= 0.3 is 0 Å². The van der Waals surface area contributed by atoms with Crippen LogP contribution in [0, 0.1) is 0 Å². The summed E-state index contributed by atoms with van der Waals surface area (Å²) in [6.07, 6.45) is -0.0406. The number of nitrogens with zero attached hydrogens (tertiary/aromatic N) is 2. The maximum Gasteiger partial charge on any atom is 0.256 e. The Morgan fingerprint density at radius 1 is 1.06 bits per heavy atom. The van der Waals surface area contributed by atoms with Crippen molar-refractivity contribution in [3.8, 4) is 5.75 Å². The number of para-hydroxylation sites is 1. The molecular weight excluding hydrogens is 458 g/mol. The highest BCUT2D eigenvalue weighted by molar-refractivity contribution is 7.80. The molecule has 1 atom stereocenters. The maximum atomic E-state index is 13.5. The van der Waals surface area contributed by atoms with Crippen LogP contribution in [0.5, 0.6) is 5.75 Å². The third kappa shape index (κ3) is 5.16. The first-order chi connectivity index (χ1) is 16.0. The molecule has 4 rings (SSSR count). The molecule has 1 fully saturated rings. The van der Waals surface area contributed by atoms with Crippen molar-refractivity contribution in [1.82, 2.24) is 4.90 Å². The van der Waals surface area contributed by atoms with Gasteiger partial charge in [-0.2, -0.15) is 0 Å². The number of carbonyl (C=O) groups excluding carboxylic acids is 2. The molecule has 0 aromatic heterocycles. The largest absolute Gasteiger partial charge is 0.497 e. The Kier molecular flexibility index (Phi) is 6.91. The summed E-state index contributed by atoms with van der Waals surface area (Å²) in [4.78, 5) is 29.5. The van der Waals surface area contributed by atoms with Crippen molar-refractivity contribution >= 4 is 52.1 Å².